The van der Waals surface area contributed by atoms with Gasteiger partial charge < -0.3 is 10.8 Å². The van der Waals surface area contributed by atoms with Gasteiger partial charge in [-0.1, -0.05) is 18.2 Å². The van der Waals surface area contributed by atoms with Crippen LogP contribution in [0.25, 0.3) is 0 Å². The van der Waals surface area contributed by atoms with Crippen LogP contribution in [0.1, 0.15) is 29.5 Å². The van der Waals surface area contributed by atoms with E-state index in [1.54, 1.807) is 0 Å². The zero-order valence-corrected chi connectivity index (χ0v) is 8.16. The Bertz CT molecular complexity index is 382. The van der Waals surface area contributed by atoms with Gasteiger partial charge in [0.1, 0.15) is 0 Å². The van der Waals surface area contributed by atoms with Crippen LogP contribution in [0.4, 0.5) is 0 Å². The van der Waals surface area contributed by atoms with Crippen molar-refractivity contribution in [2.24, 2.45) is 5.73 Å². The first-order chi connectivity index (χ1) is 6.76. The number of aliphatic hydroxyl groups excluding tert-OH is 1. The molecule has 2 aliphatic rings. The predicted molar refractivity (Wildman–Crippen MR) is 55.0 cm³/mol. The smallest absolute Gasteiger partial charge is 0.0681 e. The Balaban J connectivity index is 2.09. The van der Waals surface area contributed by atoms with E-state index >= 15 is 0 Å². The molecule has 3 rings (SSSR count). The minimum Gasteiger partial charge on any atom is -0.392 e. The maximum absolute atomic E-state index is 9.05. The molecule has 0 bridgehead atoms. The molecule has 2 heteroatoms. The molecule has 1 saturated carbocycles. The van der Waals surface area contributed by atoms with Gasteiger partial charge in [-0.2, -0.15) is 0 Å². The highest BCUT2D eigenvalue weighted by Crippen LogP contribution is 2.56. The highest BCUT2D eigenvalue weighted by Gasteiger charge is 2.53. The minimum absolute atomic E-state index is 0.134. The molecule has 14 heavy (non-hydrogen) atoms. The van der Waals surface area contributed by atoms with Crippen LogP contribution >= 0.6 is 0 Å². The third kappa shape index (κ3) is 0.928. The van der Waals surface area contributed by atoms with Crippen molar-refractivity contribution in [3.8, 4) is 0 Å². The molecule has 0 aromatic heterocycles. The molecule has 2 nitrogen and oxygen atoms in total. The zero-order chi connectivity index (χ0) is 9.76. The van der Waals surface area contributed by atoms with Gasteiger partial charge in [-0.3, -0.25) is 0 Å². The van der Waals surface area contributed by atoms with E-state index in [2.05, 4.69) is 12.1 Å². The molecular formula is C12H15NO. The molecule has 0 aliphatic heterocycles. The van der Waals surface area contributed by atoms with Crippen molar-refractivity contribution in [1.82, 2.24) is 0 Å². The van der Waals surface area contributed by atoms with Crippen molar-refractivity contribution in [1.29, 1.82) is 0 Å². The fourth-order valence-corrected chi connectivity index (χ4v) is 2.81. The van der Waals surface area contributed by atoms with E-state index in [1.165, 1.54) is 24.0 Å². The average Bonchev–Trinajstić information content (AvgIpc) is 2.93. The number of benzene rings is 1. The summed E-state index contributed by atoms with van der Waals surface area (Å²) in [5.74, 6) is 0. The quantitative estimate of drug-likeness (QED) is 0.694. The Labute approximate surface area is 83.7 Å². The Hall–Kier alpha value is -0.860. The second-order valence-electron chi connectivity index (χ2n) is 4.62. The highest BCUT2D eigenvalue weighted by atomic mass is 16.3. The molecule has 0 saturated heterocycles. The number of nitrogens with two attached hydrogens (primary N) is 1. The lowest BCUT2D eigenvalue weighted by atomic mass is 9.95. The van der Waals surface area contributed by atoms with E-state index in [4.69, 9.17) is 10.8 Å². The molecule has 1 aromatic rings. The lowest BCUT2D eigenvalue weighted by Crippen LogP contribution is -2.30. The summed E-state index contributed by atoms with van der Waals surface area (Å²) in [6, 6.07) is 6.62. The fraction of sp³-hybridized carbons (Fsp3) is 0.500. The maximum atomic E-state index is 9.05. The molecule has 0 radical (unpaired) electrons. The Kier molecular flexibility index (Phi) is 1.56. The van der Waals surface area contributed by atoms with Gasteiger partial charge in [0.2, 0.25) is 0 Å². The van der Waals surface area contributed by atoms with E-state index in [0.29, 0.717) is 11.5 Å². The van der Waals surface area contributed by atoms with Crippen molar-refractivity contribution >= 4 is 0 Å². The molecule has 0 heterocycles. The second-order valence-corrected chi connectivity index (χ2v) is 4.62. The molecule has 1 fully saturated rings. The van der Waals surface area contributed by atoms with Crippen molar-refractivity contribution in [3.05, 3.63) is 34.9 Å². The standard InChI is InChI=1S/C12H15NO/c13-11-6-9-5-8(7-14)1-2-10(9)12(11)3-4-12/h1-2,5,11,14H,3-4,6-7,13H2. The van der Waals surface area contributed by atoms with Crippen LogP contribution in [0.2, 0.25) is 0 Å². The third-order valence-electron chi connectivity index (χ3n) is 3.83. The fourth-order valence-electron chi connectivity index (χ4n) is 2.81. The molecule has 2 aliphatic carbocycles. The largest absolute Gasteiger partial charge is 0.392 e. The topological polar surface area (TPSA) is 46.2 Å². The van der Waals surface area contributed by atoms with E-state index in [-0.39, 0.29) is 6.61 Å². The Morgan fingerprint density at radius 3 is 2.86 bits per heavy atom. The summed E-state index contributed by atoms with van der Waals surface area (Å²) in [5.41, 5.74) is 10.3. The summed E-state index contributed by atoms with van der Waals surface area (Å²) in [6.45, 7) is 0.134. The van der Waals surface area contributed by atoms with Crippen molar-refractivity contribution in [3.63, 3.8) is 0 Å². The molecule has 74 valence electrons. The van der Waals surface area contributed by atoms with Crippen LogP contribution in [0.5, 0.6) is 0 Å². The minimum atomic E-state index is 0.134. The monoisotopic (exact) mass is 189 g/mol. The van der Waals surface area contributed by atoms with Gasteiger partial charge in [0.15, 0.2) is 0 Å². The molecular weight excluding hydrogens is 174 g/mol. The van der Waals surface area contributed by atoms with Gasteiger partial charge in [0.25, 0.3) is 0 Å². The highest BCUT2D eigenvalue weighted by molar-refractivity contribution is 5.48. The number of hydrogen-bond donors (Lipinski definition) is 2. The van der Waals surface area contributed by atoms with Crippen LogP contribution in [0.15, 0.2) is 18.2 Å². The maximum Gasteiger partial charge on any atom is 0.0681 e. The van der Waals surface area contributed by atoms with Gasteiger partial charge in [-0.05, 0) is 36.0 Å². The summed E-state index contributed by atoms with van der Waals surface area (Å²) < 4.78 is 0. The van der Waals surface area contributed by atoms with E-state index < -0.39 is 0 Å². The summed E-state index contributed by atoms with van der Waals surface area (Å²) >= 11 is 0. The summed E-state index contributed by atoms with van der Waals surface area (Å²) in [7, 11) is 0. The number of aliphatic hydroxyl groups is 1. The first kappa shape index (κ1) is 8.45. The molecule has 3 N–H and O–H groups in total. The van der Waals surface area contributed by atoms with Crippen LogP contribution in [-0.2, 0) is 18.4 Å². The summed E-state index contributed by atoms with van der Waals surface area (Å²) in [5, 5.41) is 9.05. The summed E-state index contributed by atoms with van der Waals surface area (Å²) in [4.78, 5) is 0. The van der Waals surface area contributed by atoms with E-state index in [0.717, 1.165) is 12.0 Å². The number of hydrogen-bond acceptors (Lipinski definition) is 2. The van der Waals surface area contributed by atoms with E-state index in [1.807, 2.05) is 6.07 Å². The predicted octanol–water partition coefficient (Wildman–Crippen LogP) is 1.09. The average molecular weight is 189 g/mol. The van der Waals surface area contributed by atoms with Crippen molar-refractivity contribution in [2.75, 3.05) is 0 Å². The molecule has 1 atom stereocenters. The molecule has 1 unspecified atom stereocenters. The number of rotatable bonds is 1. The summed E-state index contributed by atoms with van der Waals surface area (Å²) in [6.07, 6.45) is 3.49. The lowest BCUT2D eigenvalue weighted by Gasteiger charge is -2.13. The van der Waals surface area contributed by atoms with E-state index in [9.17, 15) is 0 Å². The SMILES string of the molecule is NC1Cc2cc(CO)ccc2C12CC2. The van der Waals surface area contributed by atoms with Gasteiger partial charge >= 0.3 is 0 Å². The second kappa shape index (κ2) is 2.59. The zero-order valence-electron chi connectivity index (χ0n) is 8.16. The van der Waals surface area contributed by atoms with Crippen molar-refractivity contribution < 1.29 is 5.11 Å². The van der Waals surface area contributed by atoms with Crippen LogP contribution < -0.4 is 5.73 Å². The van der Waals surface area contributed by atoms with Crippen LogP contribution in [0, 0.1) is 0 Å². The lowest BCUT2D eigenvalue weighted by molar-refractivity contribution is 0.281. The Morgan fingerprint density at radius 2 is 2.21 bits per heavy atom. The first-order valence-electron chi connectivity index (χ1n) is 5.25. The third-order valence-corrected chi connectivity index (χ3v) is 3.83. The van der Waals surface area contributed by atoms with Crippen LogP contribution in [-0.4, -0.2) is 11.1 Å². The number of fused-ring (bicyclic) bond motifs is 2. The van der Waals surface area contributed by atoms with Gasteiger partial charge in [0, 0.05) is 11.5 Å². The van der Waals surface area contributed by atoms with Crippen molar-refractivity contribution in [2.45, 2.75) is 37.3 Å². The normalized spacial score (nSPS) is 26.6. The van der Waals surface area contributed by atoms with Gasteiger partial charge in [0.05, 0.1) is 6.61 Å². The molecule has 1 aromatic carbocycles. The Morgan fingerprint density at radius 1 is 1.43 bits per heavy atom. The van der Waals surface area contributed by atoms with Gasteiger partial charge in [-0.15, -0.1) is 0 Å². The molecule has 1 spiro atoms. The molecule has 0 amide bonds. The van der Waals surface area contributed by atoms with Crippen LogP contribution in [0.3, 0.4) is 0 Å². The van der Waals surface area contributed by atoms with Gasteiger partial charge in [-0.25, -0.2) is 0 Å². The first-order valence-corrected chi connectivity index (χ1v) is 5.25.